The number of rotatable bonds is 3. The van der Waals surface area contributed by atoms with Gasteiger partial charge in [0.1, 0.15) is 0 Å². The molecule has 0 saturated heterocycles. The predicted molar refractivity (Wildman–Crippen MR) is 61.5 cm³/mol. The number of hydrogen-bond donors (Lipinski definition) is 1. The third kappa shape index (κ3) is 3.06. The smallest absolute Gasteiger partial charge is 0.252 e. The summed E-state index contributed by atoms with van der Waals surface area (Å²) in [5.74, 6) is -0.0817. The van der Waals surface area contributed by atoms with E-state index in [9.17, 15) is 4.79 Å². The van der Waals surface area contributed by atoms with Gasteiger partial charge in [0, 0.05) is 5.56 Å². The molecule has 0 aliphatic rings. The average molecular weight is 205 g/mol. The van der Waals surface area contributed by atoms with Crippen molar-refractivity contribution in [2.45, 2.75) is 13.1 Å². The molecule has 0 bridgehead atoms. The molecule has 1 unspecified atom stereocenters. The van der Waals surface area contributed by atoms with Gasteiger partial charge in [0.2, 0.25) is 0 Å². The molecule has 0 aliphatic carbocycles. The van der Waals surface area contributed by atoms with E-state index in [0.29, 0.717) is 5.56 Å². The van der Waals surface area contributed by atoms with Crippen LogP contribution in [0, 0.1) is 6.92 Å². The Morgan fingerprint density at radius 3 is 2.53 bits per heavy atom. The second kappa shape index (κ2) is 4.94. The summed E-state index contributed by atoms with van der Waals surface area (Å²) in [5, 5.41) is 2.88. The molecular formula is C12H17N2O. The molecule has 0 fully saturated rings. The van der Waals surface area contributed by atoms with Gasteiger partial charge in [-0.15, -0.1) is 0 Å². The lowest BCUT2D eigenvalue weighted by atomic mass is 10.1. The summed E-state index contributed by atoms with van der Waals surface area (Å²) in [7, 11) is 3.84. The van der Waals surface area contributed by atoms with Crippen LogP contribution in [0.5, 0.6) is 0 Å². The zero-order valence-electron chi connectivity index (χ0n) is 9.45. The maximum Gasteiger partial charge on any atom is 0.252 e. The molecule has 0 saturated carbocycles. The zero-order valence-corrected chi connectivity index (χ0v) is 9.45. The van der Waals surface area contributed by atoms with E-state index in [2.05, 4.69) is 12.2 Å². The Balaban J connectivity index is 2.74. The van der Waals surface area contributed by atoms with Crippen LogP contribution in [0.1, 0.15) is 22.8 Å². The van der Waals surface area contributed by atoms with E-state index in [1.807, 2.05) is 44.1 Å². The average Bonchev–Trinajstić information content (AvgIpc) is 2.18. The normalized spacial score (nSPS) is 12.6. The number of benzene rings is 1. The molecular weight excluding hydrogens is 188 g/mol. The van der Waals surface area contributed by atoms with Gasteiger partial charge in [0.05, 0.1) is 6.17 Å². The van der Waals surface area contributed by atoms with Gasteiger partial charge in [-0.1, -0.05) is 18.2 Å². The largest absolute Gasteiger partial charge is 0.337 e. The standard InChI is InChI=1S/C12H17N2O/c1-9-7-5-6-8-11(9)12(15)13-10(2)14(3)4/h5-8,10H,1H2,2-4H3,(H,13,15). The molecule has 1 rings (SSSR count). The fraction of sp³-hybridized carbons (Fsp3) is 0.333. The highest BCUT2D eigenvalue weighted by molar-refractivity contribution is 5.96. The van der Waals surface area contributed by atoms with E-state index >= 15 is 0 Å². The van der Waals surface area contributed by atoms with E-state index in [4.69, 9.17) is 0 Å². The van der Waals surface area contributed by atoms with Crippen LogP contribution in [0.25, 0.3) is 0 Å². The molecule has 3 heteroatoms. The monoisotopic (exact) mass is 205 g/mol. The first kappa shape index (κ1) is 11.7. The van der Waals surface area contributed by atoms with Crippen LogP contribution >= 0.6 is 0 Å². The second-order valence-corrected chi connectivity index (χ2v) is 3.77. The Hall–Kier alpha value is -1.35. The lowest BCUT2D eigenvalue weighted by molar-refractivity contribution is 0.0900. The summed E-state index contributed by atoms with van der Waals surface area (Å²) in [4.78, 5) is 13.7. The van der Waals surface area contributed by atoms with Crippen LogP contribution < -0.4 is 5.32 Å². The molecule has 1 atom stereocenters. The fourth-order valence-corrected chi connectivity index (χ4v) is 1.14. The highest BCUT2D eigenvalue weighted by Crippen LogP contribution is 2.06. The van der Waals surface area contributed by atoms with E-state index < -0.39 is 0 Å². The van der Waals surface area contributed by atoms with Crippen molar-refractivity contribution in [2.24, 2.45) is 0 Å². The fourth-order valence-electron chi connectivity index (χ4n) is 1.14. The lowest BCUT2D eigenvalue weighted by Crippen LogP contribution is -2.42. The molecule has 1 radical (unpaired) electrons. The molecule has 1 aromatic rings. The van der Waals surface area contributed by atoms with E-state index in [1.54, 1.807) is 6.07 Å². The van der Waals surface area contributed by atoms with Crippen LogP contribution in [-0.4, -0.2) is 31.1 Å². The Morgan fingerprint density at radius 2 is 2.00 bits per heavy atom. The Kier molecular flexibility index (Phi) is 3.86. The zero-order chi connectivity index (χ0) is 11.4. The van der Waals surface area contributed by atoms with E-state index in [-0.39, 0.29) is 12.1 Å². The third-order valence-corrected chi connectivity index (χ3v) is 2.38. The first-order valence-corrected chi connectivity index (χ1v) is 4.90. The summed E-state index contributed by atoms with van der Waals surface area (Å²) in [5.41, 5.74) is 1.38. The topological polar surface area (TPSA) is 32.3 Å². The van der Waals surface area contributed by atoms with E-state index in [1.165, 1.54) is 0 Å². The summed E-state index contributed by atoms with van der Waals surface area (Å²) in [6.45, 7) is 5.75. The number of hydrogen-bond acceptors (Lipinski definition) is 2. The van der Waals surface area contributed by atoms with Gasteiger partial charge in [0.15, 0.2) is 0 Å². The second-order valence-electron chi connectivity index (χ2n) is 3.77. The van der Waals surface area contributed by atoms with Crippen molar-refractivity contribution >= 4 is 5.91 Å². The first-order valence-electron chi connectivity index (χ1n) is 4.90. The predicted octanol–water partition coefficient (Wildman–Crippen LogP) is 1.51. The molecule has 15 heavy (non-hydrogen) atoms. The summed E-state index contributed by atoms with van der Waals surface area (Å²) >= 11 is 0. The van der Waals surface area contributed by atoms with Gasteiger partial charge in [-0.25, -0.2) is 0 Å². The molecule has 0 aromatic heterocycles. The van der Waals surface area contributed by atoms with Crippen molar-refractivity contribution < 1.29 is 4.79 Å². The maximum atomic E-state index is 11.8. The van der Waals surface area contributed by atoms with Crippen LogP contribution in [0.15, 0.2) is 24.3 Å². The molecule has 81 valence electrons. The Morgan fingerprint density at radius 1 is 1.40 bits per heavy atom. The van der Waals surface area contributed by atoms with Gasteiger partial charge in [-0.3, -0.25) is 9.69 Å². The molecule has 1 amide bonds. The van der Waals surface area contributed by atoms with Gasteiger partial charge in [0.25, 0.3) is 5.91 Å². The molecule has 1 N–H and O–H groups in total. The van der Waals surface area contributed by atoms with Crippen molar-refractivity contribution in [3.8, 4) is 0 Å². The number of amides is 1. The van der Waals surface area contributed by atoms with Gasteiger partial charge < -0.3 is 5.32 Å². The summed E-state index contributed by atoms with van der Waals surface area (Å²) in [6.07, 6.45) is 0.0112. The molecule has 0 spiro atoms. The minimum absolute atomic E-state index is 0.0112. The van der Waals surface area contributed by atoms with Crippen LogP contribution in [-0.2, 0) is 0 Å². The summed E-state index contributed by atoms with van der Waals surface area (Å²) < 4.78 is 0. The van der Waals surface area contributed by atoms with E-state index in [0.717, 1.165) is 5.56 Å². The molecule has 1 aromatic carbocycles. The number of nitrogens with zero attached hydrogens (tertiary/aromatic N) is 1. The first-order chi connectivity index (χ1) is 7.02. The van der Waals surface area contributed by atoms with Crippen LogP contribution in [0.2, 0.25) is 0 Å². The Labute approximate surface area is 91.1 Å². The summed E-state index contributed by atoms with van der Waals surface area (Å²) in [6, 6.07) is 7.31. The quantitative estimate of drug-likeness (QED) is 0.758. The minimum Gasteiger partial charge on any atom is -0.337 e. The van der Waals surface area contributed by atoms with Crippen molar-refractivity contribution in [1.29, 1.82) is 0 Å². The van der Waals surface area contributed by atoms with Crippen molar-refractivity contribution in [2.75, 3.05) is 14.1 Å². The third-order valence-electron chi connectivity index (χ3n) is 2.38. The van der Waals surface area contributed by atoms with Crippen molar-refractivity contribution in [3.05, 3.63) is 42.3 Å². The SMILES string of the molecule is [CH2]c1ccccc1C(=O)NC(C)N(C)C. The highest BCUT2D eigenvalue weighted by Gasteiger charge is 2.12. The Bertz CT molecular complexity index is 347. The molecule has 0 aliphatic heterocycles. The van der Waals surface area contributed by atoms with Crippen LogP contribution in [0.3, 0.4) is 0 Å². The molecule has 3 nitrogen and oxygen atoms in total. The lowest BCUT2D eigenvalue weighted by Gasteiger charge is -2.21. The number of carbonyl (C=O) groups excluding carboxylic acids is 1. The number of nitrogens with one attached hydrogen (secondary N) is 1. The van der Waals surface area contributed by atoms with Crippen molar-refractivity contribution in [3.63, 3.8) is 0 Å². The number of carbonyl (C=O) groups is 1. The van der Waals surface area contributed by atoms with Gasteiger partial charge in [-0.2, -0.15) is 0 Å². The maximum absolute atomic E-state index is 11.8. The van der Waals surface area contributed by atoms with Crippen molar-refractivity contribution in [1.82, 2.24) is 10.2 Å². The van der Waals surface area contributed by atoms with Crippen LogP contribution in [0.4, 0.5) is 0 Å². The minimum atomic E-state index is -0.0817. The van der Waals surface area contributed by atoms with Gasteiger partial charge in [-0.05, 0) is 39.6 Å². The highest BCUT2D eigenvalue weighted by atomic mass is 16.1. The molecule has 0 heterocycles. The van der Waals surface area contributed by atoms with Gasteiger partial charge >= 0.3 is 0 Å².